The van der Waals surface area contributed by atoms with Gasteiger partial charge in [0.05, 0.1) is 5.92 Å². The molecule has 1 radical (unpaired) electrons. The summed E-state index contributed by atoms with van der Waals surface area (Å²) >= 11 is 1.37. The van der Waals surface area contributed by atoms with E-state index in [1.807, 2.05) is 6.92 Å². The summed E-state index contributed by atoms with van der Waals surface area (Å²) in [6.07, 6.45) is 3.71. The van der Waals surface area contributed by atoms with Crippen LogP contribution in [0.2, 0.25) is 5.28 Å². The van der Waals surface area contributed by atoms with Crippen molar-refractivity contribution in [2.24, 2.45) is 5.92 Å². The number of carboxylic acid groups (broad SMARTS) is 1. The summed E-state index contributed by atoms with van der Waals surface area (Å²) in [5, 5.41) is 9.99. The van der Waals surface area contributed by atoms with E-state index >= 15 is 0 Å². The number of unbranched alkanes of at least 4 members (excludes halogenated alkanes) is 1. The molecule has 0 amide bonds. The van der Waals surface area contributed by atoms with E-state index < -0.39 is 5.97 Å². The summed E-state index contributed by atoms with van der Waals surface area (Å²) in [6, 6.07) is 0. The third-order valence-electron chi connectivity index (χ3n) is 1.75. The normalized spacial score (nSPS) is 9.80. The second-order valence-corrected chi connectivity index (χ2v) is 4.71. The molecule has 0 saturated heterocycles. The van der Waals surface area contributed by atoms with Gasteiger partial charge < -0.3 is 5.11 Å². The maximum Gasteiger partial charge on any atom is 0.306 e. The molecular formula is C10H24AlClCoO2. The van der Waals surface area contributed by atoms with Gasteiger partial charge in [-0.05, 0) is 12.8 Å². The summed E-state index contributed by atoms with van der Waals surface area (Å²) in [5.41, 5.74) is 0. The second kappa shape index (κ2) is 20.2. The number of halogens is 1. The van der Waals surface area contributed by atoms with Crippen molar-refractivity contribution in [2.45, 2.75) is 51.7 Å². The zero-order valence-electron chi connectivity index (χ0n) is 10.2. The molecular weight excluding hydrogens is 273 g/mol. The van der Waals surface area contributed by atoms with Gasteiger partial charge in [-0.3, -0.25) is 4.79 Å². The average molecular weight is 298 g/mol. The van der Waals surface area contributed by atoms with Crippen molar-refractivity contribution in [1.82, 2.24) is 0 Å². The molecule has 0 aliphatic heterocycles. The Morgan fingerprint density at radius 1 is 1.33 bits per heavy atom. The molecule has 0 bridgehead atoms. The Labute approximate surface area is 119 Å². The largest absolute Gasteiger partial charge is 0.481 e. The van der Waals surface area contributed by atoms with E-state index in [9.17, 15) is 4.79 Å². The smallest absolute Gasteiger partial charge is 0.306 e. The second-order valence-electron chi connectivity index (χ2n) is 3.29. The van der Waals surface area contributed by atoms with Crippen molar-refractivity contribution in [3.63, 3.8) is 0 Å². The van der Waals surface area contributed by atoms with Crippen LogP contribution in [0.4, 0.5) is 0 Å². The van der Waals surface area contributed by atoms with Crippen LogP contribution in [0, 0.1) is 5.92 Å². The van der Waals surface area contributed by atoms with E-state index in [-0.39, 0.29) is 35.1 Å². The van der Waals surface area contributed by atoms with Crippen molar-refractivity contribution in [1.29, 1.82) is 0 Å². The van der Waals surface area contributed by atoms with Crippen molar-refractivity contribution >= 4 is 34.7 Å². The number of rotatable bonds is 5. The molecule has 0 aliphatic rings. The third kappa shape index (κ3) is 20.8. The molecule has 0 aromatic carbocycles. The fraction of sp³-hybridized carbons (Fsp3) is 0.900. The van der Waals surface area contributed by atoms with Crippen molar-refractivity contribution in [3.8, 4) is 0 Å². The fourth-order valence-electron chi connectivity index (χ4n) is 0.953. The predicted octanol–water partition coefficient (Wildman–Crippen LogP) is 2.76. The first-order valence-electron chi connectivity index (χ1n) is 5.36. The summed E-state index contributed by atoms with van der Waals surface area (Å²) < 4.78 is 0. The number of hydrogen-bond acceptors (Lipinski definition) is 1. The molecule has 0 rings (SSSR count). The maximum atomic E-state index is 10.4. The summed E-state index contributed by atoms with van der Waals surface area (Å²) in [6.45, 7) is 6.19. The Hall–Kier alpha value is 0.799. The Bertz CT molecular complexity index is 126. The van der Waals surface area contributed by atoms with Crippen LogP contribution >= 0.6 is 12.4 Å². The van der Waals surface area contributed by atoms with Gasteiger partial charge in [-0.15, -0.1) is 17.7 Å². The number of hydrogen-bond donors (Lipinski definition) is 1. The van der Waals surface area contributed by atoms with Crippen LogP contribution < -0.4 is 0 Å². The molecule has 0 fully saturated rings. The predicted molar refractivity (Wildman–Crippen MR) is 67.2 cm³/mol. The van der Waals surface area contributed by atoms with Crippen LogP contribution in [0.15, 0.2) is 0 Å². The molecule has 1 unspecified atom stereocenters. The minimum absolute atomic E-state index is 0. The van der Waals surface area contributed by atoms with Gasteiger partial charge in [0, 0.05) is 16.8 Å². The quantitative estimate of drug-likeness (QED) is 0.792. The summed E-state index contributed by atoms with van der Waals surface area (Å²) in [5.74, 6) is -0.754. The molecule has 0 heterocycles. The number of carbonyl (C=O) groups is 1. The molecule has 0 spiro atoms. The third-order valence-corrected chi connectivity index (χ3v) is 1.75. The van der Waals surface area contributed by atoms with Crippen LogP contribution in [0.3, 0.4) is 0 Å². The molecule has 0 aromatic rings. The van der Waals surface area contributed by atoms with E-state index in [2.05, 4.69) is 13.8 Å². The molecule has 15 heavy (non-hydrogen) atoms. The van der Waals surface area contributed by atoms with Crippen LogP contribution in [0.25, 0.3) is 0 Å². The molecule has 2 nitrogen and oxygen atoms in total. The molecule has 95 valence electrons. The Balaban J connectivity index is -0.000000108. The van der Waals surface area contributed by atoms with E-state index in [1.165, 1.54) is 21.6 Å². The molecule has 5 heteroatoms. The summed E-state index contributed by atoms with van der Waals surface area (Å²) in [7, 11) is 0. The molecule has 0 aliphatic carbocycles. The number of aliphatic carboxylic acids is 1. The number of carboxylic acids is 1. The average Bonchev–Trinajstić information content (AvgIpc) is 2.06. The molecule has 1 N–H and O–H groups in total. The van der Waals surface area contributed by atoms with Gasteiger partial charge in [-0.25, -0.2) is 0 Å². The summed E-state index contributed by atoms with van der Waals surface area (Å²) in [4.78, 5) is 10.4. The SMILES string of the molecule is CCCCC(CC)C(=O)O.C[CH2][AlH2].Cl.[Co]. The van der Waals surface area contributed by atoms with Crippen LogP contribution in [0.5, 0.6) is 0 Å². The van der Waals surface area contributed by atoms with E-state index in [4.69, 9.17) is 5.11 Å². The van der Waals surface area contributed by atoms with Crippen LogP contribution in [-0.4, -0.2) is 27.4 Å². The van der Waals surface area contributed by atoms with Crippen molar-refractivity contribution < 1.29 is 26.7 Å². The van der Waals surface area contributed by atoms with Gasteiger partial charge in [-0.2, -0.15) is 0 Å². The van der Waals surface area contributed by atoms with Crippen LogP contribution in [0.1, 0.15) is 46.5 Å². The molecule has 1 atom stereocenters. The first-order valence-corrected chi connectivity index (χ1v) is 6.78. The van der Waals surface area contributed by atoms with E-state index in [1.54, 1.807) is 0 Å². The Kier molecular flexibility index (Phi) is 33.5. The maximum absolute atomic E-state index is 10.4. The van der Waals surface area contributed by atoms with E-state index in [0.29, 0.717) is 0 Å². The van der Waals surface area contributed by atoms with Crippen molar-refractivity contribution in [3.05, 3.63) is 0 Å². The molecule has 0 saturated carbocycles. The molecule has 0 aromatic heterocycles. The zero-order valence-corrected chi connectivity index (χ0v) is 14.1. The van der Waals surface area contributed by atoms with Gasteiger partial charge >= 0.3 is 5.97 Å². The Morgan fingerprint density at radius 3 is 1.93 bits per heavy atom. The minimum atomic E-state index is -0.643. The van der Waals surface area contributed by atoms with Gasteiger partial charge in [0.25, 0.3) is 0 Å². The fourth-order valence-corrected chi connectivity index (χ4v) is 0.953. The van der Waals surface area contributed by atoms with Gasteiger partial charge in [0.15, 0.2) is 0 Å². The van der Waals surface area contributed by atoms with Gasteiger partial charge in [0.2, 0.25) is 16.3 Å². The van der Waals surface area contributed by atoms with Crippen LogP contribution in [-0.2, 0) is 21.6 Å². The van der Waals surface area contributed by atoms with Crippen molar-refractivity contribution in [2.75, 3.05) is 0 Å². The van der Waals surface area contributed by atoms with Gasteiger partial charge in [-0.1, -0.05) is 33.6 Å². The Morgan fingerprint density at radius 2 is 1.73 bits per heavy atom. The van der Waals surface area contributed by atoms with Gasteiger partial charge in [0.1, 0.15) is 0 Å². The minimum Gasteiger partial charge on any atom is -0.481 e. The first kappa shape index (κ1) is 24.9. The van der Waals surface area contributed by atoms with E-state index in [0.717, 1.165) is 25.7 Å². The first-order chi connectivity index (χ1) is 6.13. The zero-order chi connectivity index (χ0) is 10.7. The topological polar surface area (TPSA) is 37.3 Å². The standard InChI is InChI=1S/C8H16O2.C2H5.Al.ClH.Co.2H/c1-3-5-6-7(4-2)8(9)10;1-2;;;;;/h7H,3-6H2,1-2H3,(H,9,10);1H2,2H3;;1H;;;. The monoisotopic (exact) mass is 297 g/mol.